The third-order valence-corrected chi connectivity index (χ3v) is 14.8. The Balaban J connectivity index is 1.53. The van der Waals surface area contributed by atoms with E-state index in [0.717, 1.165) is 11.6 Å². The molecule has 9 rings (SSSR count). The molecule has 0 spiro atoms. The molecular formula is C54H78N24O. The van der Waals surface area contributed by atoms with Gasteiger partial charge in [-0.05, 0) is 96.9 Å². The zero-order chi connectivity index (χ0) is 56.2. The highest BCUT2D eigenvalue weighted by Crippen LogP contribution is 2.41. The number of aromatic amines is 2. The number of hydrogen-bond acceptors (Lipinski definition) is 23. The molecule has 4 N–H and O–H groups in total. The van der Waals surface area contributed by atoms with Crippen LogP contribution in [-0.2, 0) is 0 Å². The minimum atomic E-state index is -0.117. The molecule has 9 heterocycles. The minimum absolute atomic E-state index is 0.117. The van der Waals surface area contributed by atoms with E-state index in [1.807, 2.05) is 0 Å². The number of nitrogens with zero attached hydrogens (tertiary/aromatic N) is 21. The second kappa shape index (κ2) is 24.0. The third kappa shape index (κ3) is 10.0. The molecule has 420 valence electrons. The first-order valence-electron chi connectivity index (χ1n) is 28.6. The van der Waals surface area contributed by atoms with E-state index in [4.69, 9.17) is 69.8 Å². The molecule has 2 aliphatic heterocycles. The van der Waals surface area contributed by atoms with Crippen LogP contribution in [-0.4, -0.2) is 190 Å². The van der Waals surface area contributed by atoms with Crippen LogP contribution >= 0.6 is 0 Å². The van der Waals surface area contributed by atoms with Gasteiger partial charge in [-0.1, -0.05) is 0 Å². The first-order valence-corrected chi connectivity index (χ1v) is 28.6. The average Bonchev–Trinajstić information content (AvgIpc) is 4.27. The summed E-state index contributed by atoms with van der Waals surface area (Å²) >= 11 is 0. The SMILES string of the molecule is CCN(CC)c1nc2c3nc4nc(nc5[nH]c(nc6nc(nc([nH]3)c2nc1NCCO)-c1nc(N(CC)CC)c(N(CC)CC)nc1-6)c1nc(N(CC)CC)c(N(CC)CC)nc51)-c1nc(N(CC)CC)c(N(CC)CC)nc1-4. The van der Waals surface area contributed by atoms with Crippen LogP contribution in [0, 0.1) is 0 Å². The lowest BCUT2D eigenvalue weighted by Crippen LogP contribution is -2.30. The van der Waals surface area contributed by atoms with E-state index in [1.54, 1.807) is 0 Å². The summed E-state index contributed by atoms with van der Waals surface area (Å²) in [5.41, 5.74) is 4.90. The van der Waals surface area contributed by atoms with Crippen LogP contribution in [0.2, 0.25) is 0 Å². The van der Waals surface area contributed by atoms with Crippen LogP contribution in [0.15, 0.2) is 0 Å². The molecule has 0 radical (unpaired) electrons. The van der Waals surface area contributed by atoms with Crippen LogP contribution < -0.4 is 39.6 Å². The molecule has 0 aliphatic carbocycles. The predicted octanol–water partition coefficient (Wildman–Crippen LogP) is 7.36. The van der Waals surface area contributed by atoms with Gasteiger partial charge in [0.25, 0.3) is 0 Å². The molecule has 79 heavy (non-hydrogen) atoms. The van der Waals surface area contributed by atoms with Gasteiger partial charge in [0.15, 0.2) is 92.4 Å². The summed E-state index contributed by atoms with van der Waals surface area (Å²) in [7, 11) is 0. The number of rotatable bonds is 24. The standard InChI is InChI=1S/C54H78N24O/c1-15-72(16-2)48-47(55-29-30-79)56-31-32(57-48)40-64-39(31)65-41-33-34(59-50(74(19-5)20-6)49(58-33)73(17-3)18-4)43(67-41)69-45-37-38(63-54(78(27-13)28-14)53(62-37)77(25-11)26-12)46(71-45)70-44-36-35(42(66-40)68-44)60-51(75(21-7)22-8)52(61-36)76(23-9)24-10/h79H,15-30H2,1-14H3,(H,55,56)(H2,64,65,66,67,68,69,70,71). The molecule has 7 aromatic heterocycles. The number of aliphatic hydroxyl groups excluding tert-OH is 1. The highest BCUT2D eigenvalue weighted by molar-refractivity contribution is 6.03. The molecule has 7 aromatic rings. The Labute approximate surface area is 461 Å². The molecule has 0 saturated carbocycles. The van der Waals surface area contributed by atoms with Gasteiger partial charge >= 0.3 is 0 Å². The number of hydrogen-bond donors (Lipinski definition) is 4. The van der Waals surface area contributed by atoms with E-state index in [0.29, 0.717) is 194 Å². The maximum atomic E-state index is 10.1. The Hall–Kier alpha value is -7.96. The van der Waals surface area contributed by atoms with Crippen LogP contribution in [0.1, 0.15) is 96.9 Å². The smallest absolute Gasteiger partial charge is 0.184 e. The van der Waals surface area contributed by atoms with Gasteiger partial charge < -0.3 is 54.7 Å². The fraction of sp³-hybridized carbons (Fsp3) is 0.556. The second-order valence-corrected chi connectivity index (χ2v) is 18.8. The Morgan fingerprint density at radius 1 is 0.291 bits per heavy atom. The van der Waals surface area contributed by atoms with Crippen molar-refractivity contribution in [2.45, 2.75) is 96.9 Å². The van der Waals surface area contributed by atoms with Gasteiger partial charge in [-0.3, -0.25) is 0 Å². The molecule has 25 heteroatoms. The van der Waals surface area contributed by atoms with Crippen molar-refractivity contribution < 1.29 is 5.11 Å². The molecule has 0 unspecified atom stereocenters. The predicted molar refractivity (Wildman–Crippen MR) is 319 cm³/mol. The monoisotopic (exact) mass is 1080 g/mol. The second-order valence-electron chi connectivity index (χ2n) is 18.8. The van der Waals surface area contributed by atoms with E-state index in [2.05, 4.69) is 147 Å². The quantitative estimate of drug-likeness (QED) is 0.0460. The number of H-pyrrole nitrogens is 2. The Morgan fingerprint density at radius 3 is 0.772 bits per heavy atom. The van der Waals surface area contributed by atoms with Gasteiger partial charge in [0.2, 0.25) is 0 Å². The molecule has 0 fully saturated rings. The average molecular weight is 1080 g/mol. The number of aliphatic hydroxyl groups is 1. The van der Waals surface area contributed by atoms with Crippen molar-refractivity contribution in [1.29, 1.82) is 0 Å². The first-order chi connectivity index (χ1) is 38.5. The molecule has 8 bridgehead atoms. The van der Waals surface area contributed by atoms with Gasteiger partial charge in [-0.2, -0.15) is 0 Å². The number of anilines is 8. The Kier molecular flexibility index (Phi) is 16.9. The van der Waals surface area contributed by atoms with Crippen molar-refractivity contribution in [3.05, 3.63) is 0 Å². The minimum Gasteiger partial charge on any atom is -0.395 e. The van der Waals surface area contributed by atoms with Crippen LogP contribution in [0.4, 0.5) is 46.5 Å². The van der Waals surface area contributed by atoms with Crippen molar-refractivity contribution in [2.75, 3.05) is 144 Å². The van der Waals surface area contributed by atoms with Gasteiger partial charge in [0.1, 0.15) is 44.8 Å². The maximum Gasteiger partial charge on any atom is 0.184 e. The first kappa shape index (κ1) is 55.8. The summed E-state index contributed by atoms with van der Waals surface area (Å²) < 4.78 is 0. The van der Waals surface area contributed by atoms with Crippen LogP contribution in [0.25, 0.3) is 90.7 Å². The summed E-state index contributed by atoms with van der Waals surface area (Å²) in [5, 5.41) is 13.4. The lowest BCUT2D eigenvalue weighted by atomic mass is 10.3. The van der Waals surface area contributed by atoms with Crippen molar-refractivity contribution in [3.63, 3.8) is 0 Å². The van der Waals surface area contributed by atoms with Gasteiger partial charge in [-0.25, -0.2) is 69.8 Å². The summed E-state index contributed by atoms with van der Waals surface area (Å²) in [5.74, 6) is 6.39. The van der Waals surface area contributed by atoms with Gasteiger partial charge in [0.05, 0.1) is 6.61 Å². The van der Waals surface area contributed by atoms with E-state index in [9.17, 15) is 5.11 Å². The summed E-state index contributed by atoms with van der Waals surface area (Å²) in [6.07, 6.45) is 0. The van der Waals surface area contributed by atoms with Crippen LogP contribution in [0.3, 0.4) is 0 Å². The van der Waals surface area contributed by atoms with Crippen molar-refractivity contribution >= 4 is 91.2 Å². The number of fused-ring (bicyclic) bond motifs is 20. The van der Waals surface area contributed by atoms with Crippen molar-refractivity contribution in [1.82, 2.24) is 79.7 Å². The largest absolute Gasteiger partial charge is 0.395 e. The van der Waals surface area contributed by atoms with E-state index >= 15 is 0 Å². The van der Waals surface area contributed by atoms with E-state index in [-0.39, 0.29) is 36.4 Å². The van der Waals surface area contributed by atoms with E-state index in [1.165, 1.54) is 0 Å². The zero-order valence-electron chi connectivity index (χ0n) is 48.7. The maximum absolute atomic E-state index is 10.1. The third-order valence-electron chi connectivity index (χ3n) is 14.8. The normalized spacial score (nSPS) is 11.8. The molecule has 25 nitrogen and oxygen atoms in total. The molecule has 0 atom stereocenters. The lowest BCUT2D eigenvalue weighted by molar-refractivity contribution is 0.311. The molecule has 2 aliphatic rings. The molecule has 0 amide bonds. The van der Waals surface area contributed by atoms with Gasteiger partial charge in [0, 0.05) is 98.2 Å². The van der Waals surface area contributed by atoms with Crippen molar-refractivity contribution in [2.24, 2.45) is 0 Å². The molecule has 0 saturated heterocycles. The summed E-state index contributed by atoms with van der Waals surface area (Å²) in [6.45, 7) is 39.3. The molecule has 0 aromatic carbocycles. The Bertz CT molecular complexity index is 3460. The van der Waals surface area contributed by atoms with E-state index < -0.39 is 0 Å². The summed E-state index contributed by atoms with van der Waals surface area (Å²) in [4.78, 5) is 97.6. The fourth-order valence-corrected chi connectivity index (χ4v) is 10.3. The zero-order valence-corrected chi connectivity index (χ0v) is 48.7. The molecular weight excluding hydrogens is 1000 g/mol. The topological polar surface area (TPSA) is 267 Å². The number of nitrogens with one attached hydrogen (secondary N) is 3. The van der Waals surface area contributed by atoms with Crippen LogP contribution in [0.5, 0.6) is 0 Å². The highest BCUT2D eigenvalue weighted by atomic mass is 16.3. The fourth-order valence-electron chi connectivity index (χ4n) is 10.3. The van der Waals surface area contributed by atoms with Gasteiger partial charge in [-0.15, -0.1) is 0 Å². The van der Waals surface area contributed by atoms with Crippen molar-refractivity contribution in [3.8, 4) is 46.1 Å². The Morgan fingerprint density at radius 2 is 0.519 bits per heavy atom. The highest BCUT2D eigenvalue weighted by Gasteiger charge is 2.33. The lowest BCUT2D eigenvalue weighted by Gasteiger charge is -2.28. The summed E-state index contributed by atoms with van der Waals surface area (Å²) in [6, 6.07) is 0. The number of aromatic nitrogens is 16.